The molecule has 0 heterocycles. The smallest absolute Gasteiger partial charge is 0.0456 e. The maximum absolute atomic E-state index is 5.94. The van der Waals surface area contributed by atoms with E-state index in [9.17, 15) is 0 Å². The fraction of sp³-hybridized carbons (Fsp3) is 0.333. The summed E-state index contributed by atoms with van der Waals surface area (Å²) in [5, 5.41) is 0.764. The van der Waals surface area contributed by atoms with Gasteiger partial charge in [-0.2, -0.15) is 0 Å². The summed E-state index contributed by atoms with van der Waals surface area (Å²) < 4.78 is 0. The second-order valence-corrected chi connectivity index (χ2v) is 3.17. The predicted molar refractivity (Wildman–Crippen MR) is 48.8 cm³/mol. The Bertz CT molecular complexity index is 235. The highest BCUT2D eigenvalue weighted by atomic mass is 35.5. The van der Waals surface area contributed by atoms with Crippen LogP contribution in [0, 0.1) is 6.92 Å². The van der Waals surface area contributed by atoms with Crippen molar-refractivity contribution >= 4 is 11.6 Å². The lowest BCUT2D eigenvalue weighted by Gasteiger charge is -2.10. The van der Waals surface area contributed by atoms with E-state index in [0.29, 0.717) is 0 Å². The topological polar surface area (TPSA) is 26.0 Å². The van der Waals surface area contributed by atoms with Gasteiger partial charge in [-0.15, -0.1) is 0 Å². The summed E-state index contributed by atoms with van der Waals surface area (Å²) in [4.78, 5) is 0. The summed E-state index contributed by atoms with van der Waals surface area (Å²) in [6.07, 6.45) is 0. The molecule has 1 rings (SSSR count). The van der Waals surface area contributed by atoms with E-state index in [1.165, 1.54) is 0 Å². The van der Waals surface area contributed by atoms with E-state index in [-0.39, 0.29) is 6.04 Å². The summed E-state index contributed by atoms with van der Waals surface area (Å²) in [7, 11) is 0. The van der Waals surface area contributed by atoms with Crippen molar-refractivity contribution in [2.45, 2.75) is 19.9 Å². The summed E-state index contributed by atoms with van der Waals surface area (Å²) in [5.41, 5.74) is 7.94. The lowest BCUT2D eigenvalue weighted by atomic mass is 10.0. The molecule has 2 N–H and O–H groups in total. The Balaban J connectivity index is 3.21. The molecule has 0 aliphatic carbocycles. The van der Waals surface area contributed by atoms with Gasteiger partial charge in [-0.1, -0.05) is 23.7 Å². The molecule has 1 aromatic carbocycles. The van der Waals surface area contributed by atoms with Crippen LogP contribution in [0.4, 0.5) is 0 Å². The number of hydrogen-bond acceptors (Lipinski definition) is 1. The third-order valence-corrected chi connectivity index (χ3v) is 2.06. The number of hydrogen-bond donors (Lipinski definition) is 1. The minimum absolute atomic E-state index is 0.0173. The van der Waals surface area contributed by atoms with Gasteiger partial charge in [0.1, 0.15) is 0 Å². The molecule has 0 saturated carbocycles. The Morgan fingerprint density at radius 2 is 2.09 bits per heavy atom. The standard InChI is InChI=1S/C9H12ClN/c1-6-4-3-5-8(10)9(6)7(2)11/h3-5,7H,11H2,1-2H3. The highest BCUT2D eigenvalue weighted by Gasteiger charge is 2.06. The Hall–Kier alpha value is -0.530. The molecule has 0 aliphatic heterocycles. The third-order valence-electron chi connectivity index (χ3n) is 1.73. The van der Waals surface area contributed by atoms with E-state index in [1.54, 1.807) is 0 Å². The Kier molecular flexibility index (Phi) is 2.53. The molecule has 0 saturated heterocycles. The van der Waals surface area contributed by atoms with E-state index >= 15 is 0 Å². The van der Waals surface area contributed by atoms with Gasteiger partial charge in [0.2, 0.25) is 0 Å². The van der Waals surface area contributed by atoms with Gasteiger partial charge in [0, 0.05) is 11.1 Å². The van der Waals surface area contributed by atoms with Crippen LogP contribution in [-0.2, 0) is 0 Å². The second kappa shape index (κ2) is 3.24. The summed E-state index contributed by atoms with van der Waals surface area (Å²) >= 11 is 5.94. The first-order valence-corrected chi connectivity index (χ1v) is 4.01. The molecule has 2 heteroatoms. The fourth-order valence-corrected chi connectivity index (χ4v) is 1.62. The number of nitrogens with two attached hydrogens (primary N) is 1. The maximum Gasteiger partial charge on any atom is 0.0456 e. The number of aryl methyl sites for hydroxylation is 1. The molecule has 1 aromatic rings. The fourth-order valence-electron chi connectivity index (χ4n) is 1.22. The lowest BCUT2D eigenvalue weighted by Crippen LogP contribution is -2.07. The van der Waals surface area contributed by atoms with E-state index in [0.717, 1.165) is 16.1 Å². The number of benzene rings is 1. The van der Waals surface area contributed by atoms with Gasteiger partial charge in [0.05, 0.1) is 0 Å². The zero-order valence-electron chi connectivity index (χ0n) is 6.76. The van der Waals surface area contributed by atoms with E-state index in [1.807, 2.05) is 32.0 Å². The van der Waals surface area contributed by atoms with Gasteiger partial charge in [-0.05, 0) is 31.0 Å². The van der Waals surface area contributed by atoms with Crippen LogP contribution in [0.5, 0.6) is 0 Å². The van der Waals surface area contributed by atoms with E-state index < -0.39 is 0 Å². The highest BCUT2D eigenvalue weighted by molar-refractivity contribution is 6.31. The molecule has 60 valence electrons. The largest absolute Gasteiger partial charge is 0.324 e. The van der Waals surface area contributed by atoms with Crippen molar-refractivity contribution in [3.63, 3.8) is 0 Å². The number of rotatable bonds is 1. The van der Waals surface area contributed by atoms with Crippen LogP contribution in [0.15, 0.2) is 18.2 Å². The monoisotopic (exact) mass is 169 g/mol. The van der Waals surface area contributed by atoms with Crippen molar-refractivity contribution in [2.75, 3.05) is 0 Å². The van der Waals surface area contributed by atoms with Crippen LogP contribution in [0.25, 0.3) is 0 Å². The van der Waals surface area contributed by atoms with Crippen LogP contribution in [0.3, 0.4) is 0 Å². The van der Waals surface area contributed by atoms with Crippen molar-refractivity contribution < 1.29 is 0 Å². The normalized spacial score (nSPS) is 13.1. The highest BCUT2D eigenvalue weighted by Crippen LogP contribution is 2.24. The molecule has 1 nitrogen and oxygen atoms in total. The average Bonchev–Trinajstić information content (AvgIpc) is 1.85. The van der Waals surface area contributed by atoms with Gasteiger partial charge < -0.3 is 5.73 Å². The SMILES string of the molecule is Cc1cccc(Cl)c1C(C)N. The molecule has 0 amide bonds. The van der Waals surface area contributed by atoms with Crippen molar-refractivity contribution in [3.8, 4) is 0 Å². The molecule has 11 heavy (non-hydrogen) atoms. The Morgan fingerprint density at radius 3 is 2.45 bits per heavy atom. The van der Waals surface area contributed by atoms with Crippen molar-refractivity contribution in [3.05, 3.63) is 34.3 Å². The molecule has 0 bridgehead atoms. The molecule has 0 aliphatic rings. The van der Waals surface area contributed by atoms with Gasteiger partial charge >= 0.3 is 0 Å². The summed E-state index contributed by atoms with van der Waals surface area (Å²) in [5.74, 6) is 0. The van der Waals surface area contributed by atoms with Crippen LogP contribution in [0.2, 0.25) is 5.02 Å². The molecule has 1 unspecified atom stereocenters. The Morgan fingerprint density at radius 1 is 1.45 bits per heavy atom. The van der Waals surface area contributed by atoms with Gasteiger partial charge in [0.25, 0.3) is 0 Å². The molecular weight excluding hydrogens is 158 g/mol. The second-order valence-electron chi connectivity index (χ2n) is 2.76. The molecule has 0 aromatic heterocycles. The minimum Gasteiger partial charge on any atom is -0.324 e. The van der Waals surface area contributed by atoms with Gasteiger partial charge in [0.15, 0.2) is 0 Å². The van der Waals surface area contributed by atoms with Crippen LogP contribution in [0.1, 0.15) is 24.1 Å². The van der Waals surface area contributed by atoms with Crippen molar-refractivity contribution in [1.29, 1.82) is 0 Å². The zero-order chi connectivity index (χ0) is 8.43. The first-order chi connectivity index (χ1) is 5.13. The third kappa shape index (κ3) is 1.73. The zero-order valence-corrected chi connectivity index (χ0v) is 7.52. The lowest BCUT2D eigenvalue weighted by molar-refractivity contribution is 0.810. The molecule has 0 radical (unpaired) electrons. The maximum atomic E-state index is 5.94. The van der Waals surface area contributed by atoms with Crippen LogP contribution in [-0.4, -0.2) is 0 Å². The first-order valence-electron chi connectivity index (χ1n) is 3.63. The molecule has 0 fully saturated rings. The van der Waals surface area contributed by atoms with E-state index in [2.05, 4.69) is 0 Å². The molecular formula is C9H12ClN. The van der Waals surface area contributed by atoms with E-state index in [4.69, 9.17) is 17.3 Å². The Labute approximate surface area is 72.2 Å². The average molecular weight is 170 g/mol. The summed E-state index contributed by atoms with van der Waals surface area (Å²) in [6.45, 7) is 3.96. The van der Waals surface area contributed by atoms with Crippen LogP contribution < -0.4 is 5.73 Å². The minimum atomic E-state index is 0.0173. The van der Waals surface area contributed by atoms with Crippen LogP contribution >= 0.6 is 11.6 Å². The predicted octanol–water partition coefficient (Wildman–Crippen LogP) is 2.67. The van der Waals surface area contributed by atoms with Gasteiger partial charge in [-0.3, -0.25) is 0 Å². The van der Waals surface area contributed by atoms with Gasteiger partial charge in [-0.25, -0.2) is 0 Å². The quantitative estimate of drug-likeness (QED) is 0.688. The summed E-state index contributed by atoms with van der Waals surface area (Å²) in [6, 6.07) is 5.84. The number of halogens is 1. The van der Waals surface area contributed by atoms with Crippen molar-refractivity contribution in [2.24, 2.45) is 5.73 Å². The first kappa shape index (κ1) is 8.57. The molecule has 0 spiro atoms. The molecule has 1 atom stereocenters. The van der Waals surface area contributed by atoms with Crippen molar-refractivity contribution in [1.82, 2.24) is 0 Å².